The van der Waals surface area contributed by atoms with Crippen molar-refractivity contribution in [1.82, 2.24) is 4.90 Å². The number of hydrogen-bond donors (Lipinski definition) is 0. The highest BCUT2D eigenvalue weighted by atomic mass is 79.9. The van der Waals surface area contributed by atoms with Gasteiger partial charge in [-0.05, 0) is 47.8 Å². The minimum absolute atomic E-state index is 0.695. The van der Waals surface area contributed by atoms with Crippen LogP contribution in [0.2, 0.25) is 0 Å². The molecule has 86 valence electrons. The fraction of sp³-hybridized carbons (Fsp3) is 0.636. The zero-order chi connectivity index (χ0) is 11.3. The van der Waals surface area contributed by atoms with Crippen molar-refractivity contribution in [2.45, 2.75) is 25.9 Å². The summed E-state index contributed by atoms with van der Waals surface area (Å²) in [5.74, 6) is 1.22. The molecule has 0 aliphatic carbocycles. The molecule has 4 heteroatoms. The molecular formula is C11H18BrNS2. The smallest absolute Gasteiger partial charge is 0.0701 e. The van der Waals surface area contributed by atoms with E-state index in [9.17, 15) is 0 Å². The van der Waals surface area contributed by atoms with Crippen LogP contribution in [0.3, 0.4) is 0 Å². The van der Waals surface area contributed by atoms with E-state index >= 15 is 0 Å². The van der Waals surface area contributed by atoms with E-state index in [2.05, 4.69) is 53.2 Å². The molecule has 1 heterocycles. The van der Waals surface area contributed by atoms with Crippen molar-refractivity contribution in [1.29, 1.82) is 0 Å². The standard InChI is InChI=1S/C11H18BrNS2/c1-4-9(8-14-3)13(2)7-10-5-6-11(12)15-10/h5-6,9H,4,7-8H2,1-3H3. The molecule has 0 fully saturated rings. The van der Waals surface area contributed by atoms with Crippen LogP contribution in [-0.2, 0) is 6.54 Å². The Kier molecular flexibility index (Phi) is 6.27. The highest BCUT2D eigenvalue weighted by Gasteiger charge is 2.12. The maximum Gasteiger partial charge on any atom is 0.0701 e. The highest BCUT2D eigenvalue weighted by Crippen LogP contribution is 2.24. The molecule has 0 amide bonds. The van der Waals surface area contributed by atoms with Crippen LogP contribution in [0.4, 0.5) is 0 Å². The molecule has 0 spiro atoms. The molecule has 0 aliphatic heterocycles. The Morgan fingerprint density at radius 3 is 2.73 bits per heavy atom. The molecule has 0 aliphatic rings. The molecule has 0 N–H and O–H groups in total. The monoisotopic (exact) mass is 307 g/mol. The molecule has 1 unspecified atom stereocenters. The molecule has 1 aromatic heterocycles. The van der Waals surface area contributed by atoms with E-state index in [0.29, 0.717) is 6.04 Å². The number of hydrogen-bond acceptors (Lipinski definition) is 3. The van der Waals surface area contributed by atoms with Gasteiger partial charge in [0.15, 0.2) is 0 Å². The molecule has 0 saturated heterocycles. The van der Waals surface area contributed by atoms with Gasteiger partial charge in [0, 0.05) is 23.2 Å². The summed E-state index contributed by atoms with van der Waals surface area (Å²) in [6, 6.07) is 5.03. The van der Waals surface area contributed by atoms with Gasteiger partial charge in [-0.15, -0.1) is 11.3 Å². The first kappa shape index (κ1) is 13.6. The summed E-state index contributed by atoms with van der Waals surface area (Å²) in [5.41, 5.74) is 0. The highest BCUT2D eigenvalue weighted by molar-refractivity contribution is 9.11. The van der Waals surface area contributed by atoms with Gasteiger partial charge < -0.3 is 0 Å². The average Bonchev–Trinajstić information content (AvgIpc) is 2.60. The Hall–Kier alpha value is 0.490. The summed E-state index contributed by atoms with van der Waals surface area (Å²) in [5, 5.41) is 0. The molecule has 0 saturated carbocycles. The molecule has 1 aromatic rings. The maximum atomic E-state index is 3.50. The van der Waals surface area contributed by atoms with Crippen LogP contribution in [0.15, 0.2) is 15.9 Å². The summed E-state index contributed by atoms with van der Waals surface area (Å²) in [6.07, 6.45) is 3.40. The number of thiophene rings is 1. The van der Waals surface area contributed by atoms with Gasteiger partial charge in [0.25, 0.3) is 0 Å². The molecule has 0 aromatic carbocycles. The Bertz CT molecular complexity index is 288. The van der Waals surface area contributed by atoms with Crippen molar-refractivity contribution in [2.24, 2.45) is 0 Å². The van der Waals surface area contributed by atoms with Gasteiger partial charge in [0.05, 0.1) is 3.79 Å². The van der Waals surface area contributed by atoms with Crippen molar-refractivity contribution < 1.29 is 0 Å². The molecule has 0 radical (unpaired) electrons. The lowest BCUT2D eigenvalue weighted by Gasteiger charge is -2.25. The van der Waals surface area contributed by atoms with Gasteiger partial charge in [-0.25, -0.2) is 0 Å². The van der Waals surface area contributed by atoms with Crippen LogP contribution < -0.4 is 0 Å². The van der Waals surface area contributed by atoms with Gasteiger partial charge in [-0.1, -0.05) is 6.92 Å². The predicted molar refractivity (Wildman–Crippen MR) is 75.9 cm³/mol. The van der Waals surface area contributed by atoms with Gasteiger partial charge >= 0.3 is 0 Å². The van der Waals surface area contributed by atoms with Crippen molar-refractivity contribution in [3.8, 4) is 0 Å². The average molecular weight is 308 g/mol. The third-order valence-corrected chi connectivity index (χ3v) is 4.81. The Labute approximate surface area is 109 Å². The first-order chi connectivity index (χ1) is 7.17. The van der Waals surface area contributed by atoms with Crippen LogP contribution in [0.25, 0.3) is 0 Å². The normalized spacial score (nSPS) is 13.4. The molecule has 15 heavy (non-hydrogen) atoms. The van der Waals surface area contributed by atoms with E-state index < -0.39 is 0 Å². The number of rotatable bonds is 6. The van der Waals surface area contributed by atoms with Crippen molar-refractivity contribution in [3.05, 3.63) is 20.8 Å². The summed E-state index contributed by atoms with van der Waals surface area (Å²) in [6.45, 7) is 3.33. The van der Waals surface area contributed by atoms with Crippen LogP contribution >= 0.6 is 39.0 Å². The van der Waals surface area contributed by atoms with E-state index in [1.165, 1.54) is 20.8 Å². The first-order valence-corrected chi connectivity index (χ1v) is 8.11. The number of halogens is 1. The largest absolute Gasteiger partial charge is 0.298 e. The topological polar surface area (TPSA) is 3.24 Å². The second-order valence-electron chi connectivity index (χ2n) is 3.64. The van der Waals surface area contributed by atoms with Crippen molar-refractivity contribution >= 4 is 39.0 Å². The second-order valence-corrected chi connectivity index (χ2v) is 7.10. The first-order valence-electron chi connectivity index (χ1n) is 5.10. The van der Waals surface area contributed by atoms with Gasteiger partial charge in [-0.2, -0.15) is 11.8 Å². The Morgan fingerprint density at radius 2 is 2.27 bits per heavy atom. The van der Waals surface area contributed by atoms with Gasteiger partial charge in [0.1, 0.15) is 0 Å². The predicted octanol–water partition coefficient (Wildman–Crippen LogP) is 4.08. The molecule has 0 bridgehead atoms. The van der Waals surface area contributed by atoms with E-state index in [1.54, 1.807) is 0 Å². The fourth-order valence-electron chi connectivity index (χ4n) is 1.56. The molecule has 1 nitrogen and oxygen atoms in total. The minimum Gasteiger partial charge on any atom is -0.298 e. The lowest BCUT2D eigenvalue weighted by molar-refractivity contribution is 0.250. The minimum atomic E-state index is 0.695. The van der Waals surface area contributed by atoms with E-state index in [1.807, 2.05) is 23.1 Å². The van der Waals surface area contributed by atoms with Gasteiger partial charge in [0.2, 0.25) is 0 Å². The number of thioether (sulfide) groups is 1. The van der Waals surface area contributed by atoms with Crippen LogP contribution in [0.1, 0.15) is 18.2 Å². The van der Waals surface area contributed by atoms with Crippen molar-refractivity contribution in [3.63, 3.8) is 0 Å². The third-order valence-electron chi connectivity index (χ3n) is 2.49. The SMILES string of the molecule is CCC(CSC)N(C)Cc1ccc(Br)s1. The van der Waals surface area contributed by atoms with Crippen molar-refractivity contribution in [2.75, 3.05) is 19.1 Å². The Morgan fingerprint density at radius 1 is 1.53 bits per heavy atom. The fourth-order valence-corrected chi connectivity index (χ4v) is 3.98. The maximum absolute atomic E-state index is 3.50. The van der Waals surface area contributed by atoms with Crippen LogP contribution in [0.5, 0.6) is 0 Å². The summed E-state index contributed by atoms with van der Waals surface area (Å²) in [7, 11) is 2.22. The lowest BCUT2D eigenvalue weighted by atomic mass is 10.2. The Balaban J connectivity index is 2.49. The summed E-state index contributed by atoms with van der Waals surface area (Å²) in [4.78, 5) is 3.89. The third kappa shape index (κ3) is 4.47. The van der Waals surface area contributed by atoms with E-state index in [-0.39, 0.29) is 0 Å². The summed E-state index contributed by atoms with van der Waals surface area (Å²) < 4.78 is 1.23. The van der Waals surface area contributed by atoms with Gasteiger partial charge in [-0.3, -0.25) is 4.90 Å². The quantitative estimate of drug-likeness (QED) is 0.779. The second kappa shape index (κ2) is 6.94. The zero-order valence-electron chi connectivity index (χ0n) is 9.50. The van der Waals surface area contributed by atoms with E-state index in [4.69, 9.17) is 0 Å². The molecule has 1 atom stereocenters. The summed E-state index contributed by atoms with van der Waals surface area (Å²) >= 11 is 7.26. The zero-order valence-corrected chi connectivity index (χ0v) is 12.7. The van der Waals surface area contributed by atoms with Crippen LogP contribution in [0, 0.1) is 0 Å². The number of nitrogens with zero attached hydrogens (tertiary/aromatic N) is 1. The van der Waals surface area contributed by atoms with Crippen LogP contribution in [-0.4, -0.2) is 30.0 Å². The lowest BCUT2D eigenvalue weighted by Crippen LogP contribution is -2.32. The van der Waals surface area contributed by atoms with E-state index in [0.717, 1.165) is 6.54 Å². The molecular weight excluding hydrogens is 290 g/mol. The molecule has 1 rings (SSSR count).